The van der Waals surface area contributed by atoms with Crippen LogP contribution in [0.25, 0.3) is 47.7 Å². The second-order valence-electron chi connectivity index (χ2n) is 6.28. The van der Waals surface area contributed by atoms with Crippen LogP contribution in [0.5, 0.6) is 0 Å². The van der Waals surface area contributed by atoms with Crippen LogP contribution in [0.15, 0.2) is 52.0 Å². The maximum atomic E-state index is 4.53. The zero-order valence-electron chi connectivity index (χ0n) is 15.8. The van der Waals surface area contributed by atoms with Gasteiger partial charge in [-0.1, -0.05) is 25.3 Å². The van der Waals surface area contributed by atoms with Crippen LogP contribution in [0.1, 0.15) is 32.3 Å². The van der Waals surface area contributed by atoms with Gasteiger partial charge in [-0.2, -0.15) is 0 Å². The number of hydrogen-bond acceptors (Lipinski definition) is 7. The first-order chi connectivity index (χ1) is 14.6. The van der Waals surface area contributed by atoms with Crippen LogP contribution < -0.4 is 0 Å². The molecule has 148 valence electrons. The Labute approximate surface area is 194 Å². The van der Waals surface area contributed by atoms with Gasteiger partial charge in [0.15, 0.2) is 0 Å². The van der Waals surface area contributed by atoms with Crippen molar-refractivity contribution in [1.29, 1.82) is 0 Å². The van der Waals surface area contributed by atoms with E-state index in [4.69, 9.17) is 0 Å². The van der Waals surface area contributed by atoms with Gasteiger partial charge in [0.25, 0.3) is 0 Å². The van der Waals surface area contributed by atoms with Gasteiger partial charge >= 0.3 is 0 Å². The number of rotatable bonds is 6. The van der Waals surface area contributed by atoms with Gasteiger partial charge in [-0.05, 0) is 59.7 Å². The van der Waals surface area contributed by atoms with Crippen LogP contribution in [-0.2, 0) is 0 Å². The van der Waals surface area contributed by atoms with Crippen LogP contribution in [0, 0.1) is 0 Å². The van der Waals surface area contributed by atoms with Crippen LogP contribution >= 0.6 is 47.9 Å². The second-order valence-corrected chi connectivity index (χ2v) is 10.0. The first-order valence-electron chi connectivity index (χ1n) is 8.96. The summed E-state index contributed by atoms with van der Waals surface area (Å²) in [6.07, 6.45) is 13.4. The predicted octanol–water partition coefficient (Wildman–Crippen LogP) is 7.30. The number of fused-ring (bicyclic) bond motifs is 1. The molecule has 3 nitrogen and oxygen atoms in total. The smallest absolute Gasteiger partial charge is 0.113 e. The van der Waals surface area contributed by atoms with E-state index in [0.29, 0.717) is 0 Å². The Morgan fingerprint density at radius 3 is 2.07 bits per heavy atom. The molecule has 0 amide bonds. The van der Waals surface area contributed by atoms with Gasteiger partial charge in [0.05, 0.1) is 26.0 Å². The second kappa shape index (κ2) is 9.14. The number of hydrogen-bond donors (Lipinski definition) is 2. The largest absolute Gasteiger partial charge is 0.255 e. The van der Waals surface area contributed by atoms with E-state index < -0.39 is 0 Å². The third kappa shape index (κ3) is 4.49. The van der Waals surface area contributed by atoms with Crippen molar-refractivity contribution in [2.24, 2.45) is 0 Å². The fourth-order valence-electron chi connectivity index (χ4n) is 2.89. The zero-order chi connectivity index (χ0) is 21.1. The highest BCUT2D eigenvalue weighted by Gasteiger charge is 2.11. The highest BCUT2D eigenvalue weighted by molar-refractivity contribution is 7.83. The minimum atomic E-state index is 0.750. The summed E-state index contributed by atoms with van der Waals surface area (Å²) in [5.74, 6) is 0. The van der Waals surface area contributed by atoms with Crippen molar-refractivity contribution in [3.05, 3.63) is 75.9 Å². The van der Waals surface area contributed by atoms with Gasteiger partial charge in [-0.3, -0.25) is 4.98 Å². The molecule has 0 saturated carbocycles. The maximum Gasteiger partial charge on any atom is 0.113 e. The molecule has 2 aliphatic heterocycles. The van der Waals surface area contributed by atoms with E-state index in [-0.39, 0.29) is 0 Å². The molecule has 0 unspecified atom stereocenters. The van der Waals surface area contributed by atoms with E-state index in [9.17, 15) is 0 Å². The molecule has 2 aliphatic rings. The number of thiophene rings is 2. The van der Waals surface area contributed by atoms with Crippen molar-refractivity contribution in [3.8, 4) is 11.3 Å². The third-order valence-electron chi connectivity index (χ3n) is 4.37. The normalized spacial score (nSPS) is 11.7. The minimum Gasteiger partial charge on any atom is -0.255 e. The summed E-state index contributed by atoms with van der Waals surface area (Å²) in [5, 5.41) is 8.56. The Bertz CT molecular complexity index is 1260. The summed E-state index contributed by atoms with van der Waals surface area (Å²) < 4.78 is 1.90. The molecule has 30 heavy (non-hydrogen) atoms. The van der Waals surface area contributed by atoms with Crippen molar-refractivity contribution < 1.29 is 0 Å². The summed E-state index contributed by atoms with van der Waals surface area (Å²) in [4.78, 5) is 6.72. The van der Waals surface area contributed by atoms with Crippen molar-refractivity contribution in [2.45, 2.75) is 8.42 Å². The summed E-state index contributed by atoms with van der Waals surface area (Å²) >= 11 is 12.0. The Kier molecular flexibility index (Phi) is 6.34. The molecule has 2 aromatic heterocycles. The van der Waals surface area contributed by atoms with Gasteiger partial charge in [0.2, 0.25) is 0 Å². The molecule has 0 saturated heterocycles. The first kappa shape index (κ1) is 20.8. The van der Waals surface area contributed by atoms with Gasteiger partial charge < -0.3 is 0 Å². The lowest BCUT2D eigenvalue weighted by atomic mass is 10.1. The number of aromatic nitrogens is 3. The Hall–Kier alpha value is -2.45. The molecule has 7 heteroatoms. The fraction of sp³-hybridized carbons (Fsp3) is 0. The Balaban J connectivity index is 1.62. The highest BCUT2D eigenvalue weighted by Crippen LogP contribution is 2.30. The Morgan fingerprint density at radius 1 is 0.800 bits per heavy atom. The molecule has 4 rings (SSSR count). The van der Waals surface area contributed by atoms with E-state index in [1.54, 1.807) is 28.9 Å². The van der Waals surface area contributed by atoms with E-state index in [1.165, 1.54) is 0 Å². The molecule has 0 fully saturated rings. The molecule has 0 N–H and O–H groups in total. The van der Waals surface area contributed by atoms with Gasteiger partial charge in [0.1, 0.15) is 5.69 Å². The quantitative estimate of drug-likeness (QED) is 0.295. The number of nitrogens with zero attached hydrogens (tertiary/aromatic N) is 3. The van der Waals surface area contributed by atoms with E-state index in [1.807, 2.05) is 60.7 Å². The molecule has 0 aliphatic carbocycles. The first-order valence-corrected chi connectivity index (χ1v) is 11.5. The molecule has 0 atom stereocenters. The molecule has 0 aromatic carbocycles. The van der Waals surface area contributed by atoms with E-state index in [2.05, 4.69) is 53.6 Å². The van der Waals surface area contributed by atoms with Crippen LogP contribution in [0.4, 0.5) is 0 Å². The minimum absolute atomic E-state index is 0.750. The van der Waals surface area contributed by atoms with Gasteiger partial charge in [-0.15, -0.1) is 58.1 Å². The molecule has 0 radical (unpaired) electrons. The summed E-state index contributed by atoms with van der Waals surface area (Å²) in [7, 11) is 0. The standard InChI is InChI=1S/C23H17N3S4/c1-3-14-11-22(27)29-20(14)9-6-16-5-7-17-18(25-26-19(17)13-24-16)8-10-21-15(4-2)12-23(28)30-21/h3-13,27-28H,1-2H2/b9-6+,10-8+. The van der Waals surface area contributed by atoms with E-state index >= 15 is 0 Å². The van der Waals surface area contributed by atoms with Gasteiger partial charge in [-0.25, -0.2) is 0 Å². The average Bonchev–Trinajstić information content (AvgIpc) is 3.37. The number of thiol groups is 2. The summed E-state index contributed by atoms with van der Waals surface area (Å²) in [6, 6.07) is 7.97. The topological polar surface area (TPSA) is 38.7 Å². The van der Waals surface area contributed by atoms with Gasteiger partial charge in [0, 0.05) is 15.3 Å². The van der Waals surface area contributed by atoms with Crippen molar-refractivity contribution in [1.82, 2.24) is 15.2 Å². The van der Waals surface area contributed by atoms with Crippen molar-refractivity contribution >= 4 is 84.4 Å². The van der Waals surface area contributed by atoms with Crippen LogP contribution in [-0.4, -0.2) is 15.2 Å². The van der Waals surface area contributed by atoms with Crippen LogP contribution in [0.3, 0.4) is 0 Å². The molecular weight excluding hydrogens is 447 g/mol. The molecule has 2 aromatic rings. The average molecular weight is 464 g/mol. The lowest BCUT2D eigenvalue weighted by Crippen LogP contribution is -1.74. The molecular formula is C23H17N3S4. The van der Waals surface area contributed by atoms with E-state index in [0.717, 1.165) is 51.9 Å². The maximum absolute atomic E-state index is 4.53. The predicted molar refractivity (Wildman–Crippen MR) is 138 cm³/mol. The lowest BCUT2D eigenvalue weighted by molar-refractivity contribution is 1.08. The zero-order valence-corrected chi connectivity index (χ0v) is 19.2. The molecule has 0 bridgehead atoms. The summed E-state index contributed by atoms with van der Waals surface area (Å²) in [5.41, 5.74) is 5.45. The summed E-state index contributed by atoms with van der Waals surface area (Å²) in [6.45, 7) is 7.71. The van der Waals surface area contributed by atoms with Crippen molar-refractivity contribution in [3.63, 3.8) is 0 Å². The SMILES string of the molecule is C=Cc1cc(S)sc1/C=C/c1ccc2c(/C=C/c3sc(S)cc3C=C)nnc-2cn1. The monoisotopic (exact) mass is 463 g/mol. The Morgan fingerprint density at radius 2 is 1.43 bits per heavy atom. The molecule has 0 spiro atoms. The third-order valence-corrected chi connectivity index (χ3v) is 7.01. The van der Waals surface area contributed by atoms with Crippen LogP contribution in [0.2, 0.25) is 0 Å². The lowest BCUT2D eigenvalue weighted by Gasteiger charge is -1.92. The fourth-order valence-corrected chi connectivity index (χ4v) is 5.37. The molecule has 4 heterocycles. The highest BCUT2D eigenvalue weighted by atomic mass is 32.2. The van der Waals surface area contributed by atoms with Crippen molar-refractivity contribution in [2.75, 3.05) is 0 Å².